The third-order valence-electron chi connectivity index (χ3n) is 7.92. The molecule has 5 nitrogen and oxygen atoms in total. The molecule has 192 valence electrons. The van der Waals surface area contributed by atoms with Crippen LogP contribution in [0.15, 0.2) is 55.1 Å². The van der Waals surface area contributed by atoms with Crippen molar-refractivity contribution >= 4 is 35.1 Å². The van der Waals surface area contributed by atoms with Crippen molar-refractivity contribution in [3.05, 3.63) is 76.3 Å². The number of likely N-dealkylation sites (N-methyl/N-ethyl adjacent to an activating group) is 1. The molecule has 1 saturated carbocycles. The quantitative estimate of drug-likeness (QED) is 0.254. The minimum Gasteiger partial charge on any atom is -0.427 e. The highest BCUT2D eigenvalue weighted by Crippen LogP contribution is 2.50. The highest BCUT2D eigenvalue weighted by molar-refractivity contribution is 6.42. The summed E-state index contributed by atoms with van der Waals surface area (Å²) in [6.45, 7) is 8.19. The van der Waals surface area contributed by atoms with Crippen LogP contribution < -0.4 is 4.74 Å². The van der Waals surface area contributed by atoms with Gasteiger partial charge in [0.05, 0.1) is 16.5 Å². The molecule has 0 N–H and O–H groups in total. The Kier molecular flexibility index (Phi) is 8.44. The number of carbonyl (C=O) groups excluding carboxylic acids is 2. The zero-order chi connectivity index (χ0) is 25.9. The van der Waals surface area contributed by atoms with Crippen molar-refractivity contribution in [3.63, 3.8) is 0 Å². The van der Waals surface area contributed by atoms with Gasteiger partial charge in [-0.2, -0.15) is 0 Å². The Morgan fingerprint density at radius 3 is 2.72 bits per heavy atom. The van der Waals surface area contributed by atoms with Crippen molar-refractivity contribution in [2.45, 2.75) is 50.5 Å². The van der Waals surface area contributed by atoms with Crippen LogP contribution in [-0.4, -0.2) is 54.4 Å². The topological polar surface area (TPSA) is 49.9 Å². The summed E-state index contributed by atoms with van der Waals surface area (Å²) in [7, 11) is 1.92. The van der Waals surface area contributed by atoms with Gasteiger partial charge in [-0.05, 0) is 73.5 Å². The molecular weight excluding hydrogens is 495 g/mol. The molecule has 2 aromatic carbocycles. The molecule has 1 saturated heterocycles. The number of ether oxygens (including phenoxy) is 1. The Hall–Kier alpha value is -2.34. The molecule has 2 aliphatic rings. The first-order valence-corrected chi connectivity index (χ1v) is 13.3. The van der Waals surface area contributed by atoms with Crippen molar-refractivity contribution in [3.8, 4) is 5.75 Å². The van der Waals surface area contributed by atoms with E-state index in [0.717, 1.165) is 50.9 Å². The number of halogens is 2. The maximum Gasteiger partial charge on any atom is 0.308 e. The second kappa shape index (κ2) is 11.4. The molecular formula is C29H34Cl2N2O3. The smallest absolute Gasteiger partial charge is 0.308 e. The Labute approximate surface area is 224 Å². The summed E-state index contributed by atoms with van der Waals surface area (Å²) in [5, 5.41) is 0.947. The van der Waals surface area contributed by atoms with E-state index in [0.29, 0.717) is 21.7 Å². The van der Waals surface area contributed by atoms with E-state index in [1.54, 1.807) is 12.1 Å². The minimum atomic E-state index is -0.323. The standard InChI is InChI=1S/C29H34Cl2N2O3/c1-4-13-33-14-12-29(22-6-5-7-25(17-22)36-20(2)34)18-24(10-9-23(29)19-33)32(3)28(35)16-21-8-11-26(30)27(31)15-21/h4-8,11,15,17,23-24H,1,9-10,12-14,16,18-19H2,2-3H3/t23-,24+,29+/m1/s1. The normalized spacial score (nSPS) is 24.0. The van der Waals surface area contributed by atoms with Crippen molar-refractivity contribution < 1.29 is 14.3 Å². The van der Waals surface area contributed by atoms with E-state index in [-0.39, 0.29) is 29.8 Å². The molecule has 1 heterocycles. The van der Waals surface area contributed by atoms with Crippen molar-refractivity contribution in [2.24, 2.45) is 5.92 Å². The fourth-order valence-electron chi connectivity index (χ4n) is 6.06. The van der Waals surface area contributed by atoms with Gasteiger partial charge in [-0.15, -0.1) is 6.58 Å². The zero-order valence-electron chi connectivity index (χ0n) is 21.0. The van der Waals surface area contributed by atoms with E-state index in [2.05, 4.69) is 17.5 Å². The number of nitrogens with zero attached hydrogens (tertiary/aromatic N) is 2. The van der Waals surface area contributed by atoms with Gasteiger partial charge < -0.3 is 9.64 Å². The number of benzene rings is 2. The molecule has 4 rings (SSSR count). The van der Waals surface area contributed by atoms with Crippen LogP contribution in [0, 0.1) is 5.92 Å². The summed E-state index contributed by atoms with van der Waals surface area (Å²) in [4.78, 5) is 29.3. The molecule has 1 aliphatic heterocycles. The first-order chi connectivity index (χ1) is 17.2. The third kappa shape index (κ3) is 5.80. The monoisotopic (exact) mass is 528 g/mol. The van der Waals surface area contributed by atoms with Gasteiger partial charge in [-0.3, -0.25) is 14.5 Å². The van der Waals surface area contributed by atoms with E-state index >= 15 is 0 Å². The molecule has 36 heavy (non-hydrogen) atoms. The predicted octanol–water partition coefficient (Wildman–Crippen LogP) is 5.92. The molecule has 1 amide bonds. The van der Waals surface area contributed by atoms with Gasteiger partial charge in [-0.25, -0.2) is 0 Å². The first-order valence-electron chi connectivity index (χ1n) is 12.5. The highest BCUT2D eigenvalue weighted by atomic mass is 35.5. The molecule has 0 radical (unpaired) electrons. The highest BCUT2D eigenvalue weighted by Gasteiger charge is 2.49. The van der Waals surface area contributed by atoms with E-state index in [1.165, 1.54) is 12.5 Å². The maximum absolute atomic E-state index is 13.3. The molecule has 0 unspecified atom stereocenters. The van der Waals surface area contributed by atoms with Crippen LogP contribution in [0.2, 0.25) is 10.0 Å². The number of rotatable bonds is 7. The van der Waals surface area contributed by atoms with Crippen LogP contribution in [0.1, 0.15) is 43.7 Å². The molecule has 2 fully saturated rings. The molecule has 2 aromatic rings. The Bertz CT molecular complexity index is 1140. The number of piperidine rings is 1. The number of fused-ring (bicyclic) bond motifs is 1. The number of hydrogen-bond donors (Lipinski definition) is 0. The van der Waals surface area contributed by atoms with E-state index in [1.807, 2.05) is 42.3 Å². The van der Waals surface area contributed by atoms with Gasteiger partial charge in [0, 0.05) is 38.5 Å². The van der Waals surface area contributed by atoms with Gasteiger partial charge >= 0.3 is 5.97 Å². The van der Waals surface area contributed by atoms with Crippen LogP contribution in [0.25, 0.3) is 0 Å². The summed E-state index contributed by atoms with van der Waals surface area (Å²) in [5.74, 6) is 0.780. The molecule has 7 heteroatoms. The van der Waals surface area contributed by atoms with Crippen molar-refractivity contribution in [1.82, 2.24) is 9.80 Å². The molecule has 0 bridgehead atoms. The summed E-state index contributed by atoms with van der Waals surface area (Å²) >= 11 is 12.2. The van der Waals surface area contributed by atoms with E-state index in [4.69, 9.17) is 27.9 Å². The lowest BCUT2D eigenvalue weighted by Gasteiger charge is -2.54. The fourth-order valence-corrected chi connectivity index (χ4v) is 6.38. The number of esters is 1. The summed E-state index contributed by atoms with van der Waals surface area (Å²) < 4.78 is 5.43. The second-order valence-corrected chi connectivity index (χ2v) is 11.0. The van der Waals surface area contributed by atoms with Gasteiger partial charge in [0.25, 0.3) is 0 Å². The van der Waals surface area contributed by atoms with Crippen molar-refractivity contribution in [2.75, 3.05) is 26.7 Å². The van der Waals surface area contributed by atoms with Crippen molar-refractivity contribution in [1.29, 1.82) is 0 Å². The zero-order valence-corrected chi connectivity index (χ0v) is 22.5. The van der Waals surface area contributed by atoms with Gasteiger partial charge in [0.15, 0.2) is 0 Å². The Morgan fingerprint density at radius 1 is 1.19 bits per heavy atom. The molecule has 0 aromatic heterocycles. The van der Waals surface area contributed by atoms with Gasteiger partial charge in [0.2, 0.25) is 5.91 Å². The average molecular weight is 530 g/mol. The fraction of sp³-hybridized carbons (Fsp3) is 0.448. The van der Waals surface area contributed by atoms with Crippen LogP contribution in [0.5, 0.6) is 5.75 Å². The lowest BCUT2D eigenvalue weighted by Crippen LogP contribution is -2.56. The minimum absolute atomic E-state index is 0.0738. The van der Waals surface area contributed by atoms with E-state index in [9.17, 15) is 9.59 Å². The predicted molar refractivity (Wildman–Crippen MR) is 145 cm³/mol. The average Bonchev–Trinajstić information content (AvgIpc) is 2.85. The summed E-state index contributed by atoms with van der Waals surface area (Å²) in [5.41, 5.74) is 1.96. The van der Waals surface area contributed by atoms with Gasteiger partial charge in [-0.1, -0.05) is 47.5 Å². The van der Waals surface area contributed by atoms with Crippen LogP contribution >= 0.6 is 23.2 Å². The lowest BCUT2D eigenvalue weighted by molar-refractivity contribution is -0.133. The largest absolute Gasteiger partial charge is 0.427 e. The number of hydrogen-bond acceptors (Lipinski definition) is 4. The molecule has 3 atom stereocenters. The number of likely N-dealkylation sites (tertiary alicyclic amines) is 1. The van der Waals surface area contributed by atoms with Crippen LogP contribution in [0.3, 0.4) is 0 Å². The Morgan fingerprint density at radius 2 is 2.00 bits per heavy atom. The Balaban J connectivity index is 1.58. The lowest BCUT2D eigenvalue weighted by atomic mass is 9.57. The molecule has 0 spiro atoms. The summed E-state index contributed by atoms with van der Waals surface area (Å²) in [6.07, 6.45) is 6.11. The number of carbonyl (C=O) groups is 2. The van der Waals surface area contributed by atoms with Crippen LogP contribution in [0.4, 0.5) is 0 Å². The second-order valence-electron chi connectivity index (χ2n) is 10.1. The van der Waals surface area contributed by atoms with E-state index < -0.39 is 0 Å². The maximum atomic E-state index is 13.3. The SMILES string of the molecule is C=CCN1CC[C@@]2(c3cccc(OC(C)=O)c3)C[C@@H](N(C)C(=O)Cc3ccc(Cl)c(Cl)c3)CC[C@@H]2C1. The summed E-state index contributed by atoms with van der Waals surface area (Å²) in [6, 6.07) is 13.5. The van der Waals surface area contributed by atoms with Crippen LogP contribution in [-0.2, 0) is 21.4 Å². The van der Waals surface area contributed by atoms with Gasteiger partial charge in [0.1, 0.15) is 5.75 Å². The number of amides is 1. The first kappa shape index (κ1) is 26.7. The third-order valence-corrected chi connectivity index (χ3v) is 8.66. The molecule has 1 aliphatic carbocycles.